The third-order valence-electron chi connectivity index (χ3n) is 3.49. The fraction of sp³-hybridized carbons (Fsp3) is 0.250. The molecule has 1 atom stereocenters. The van der Waals surface area contributed by atoms with Gasteiger partial charge in [-0.3, -0.25) is 0 Å². The molecule has 1 N–H and O–H groups in total. The number of benzene rings is 2. The van der Waals surface area contributed by atoms with Gasteiger partial charge in [-0.25, -0.2) is 0 Å². The molecule has 1 aliphatic rings. The first kappa shape index (κ1) is 14.9. The van der Waals surface area contributed by atoms with Crippen LogP contribution in [0.2, 0.25) is 0 Å². The second-order valence-corrected chi connectivity index (χ2v) is 6.72. The van der Waals surface area contributed by atoms with Gasteiger partial charge in [0.1, 0.15) is 0 Å². The number of halogens is 2. The van der Waals surface area contributed by atoms with Gasteiger partial charge in [0.05, 0.1) is 0 Å². The molecule has 0 radical (unpaired) electrons. The molecule has 3 nitrogen and oxygen atoms in total. The summed E-state index contributed by atoms with van der Waals surface area (Å²) < 4.78 is 12.9. The Balaban J connectivity index is 1.70. The molecule has 1 aliphatic heterocycles. The number of ether oxygens (including phenoxy) is 2. The molecule has 1 heterocycles. The van der Waals surface area contributed by atoms with Crippen molar-refractivity contribution in [3.05, 3.63) is 56.5 Å². The van der Waals surface area contributed by atoms with Gasteiger partial charge in [0.2, 0.25) is 6.79 Å². The number of hydrogen-bond acceptors (Lipinski definition) is 3. The highest BCUT2D eigenvalue weighted by Crippen LogP contribution is 2.37. The zero-order chi connectivity index (χ0) is 14.8. The van der Waals surface area contributed by atoms with Crippen molar-refractivity contribution in [2.24, 2.45) is 0 Å². The summed E-state index contributed by atoms with van der Waals surface area (Å²) in [6, 6.07) is 12.6. The molecule has 0 unspecified atom stereocenters. The second-order valence-electron chi connectivity index (χ2n) is 4.95. The fourth-order valence-electron chi connectivity index (χ4n) is 2.25. The van der Waals surface area contributed by atoms with E-state index in [-0.39, 0.29) is 6.04 Å². The fourth-order valence-corrected chi connectivity index (χ4v) is 3.13. The van der Waals surface area contributed by atoms with E-state index in [0.717, 1.165) is 32.6 Å². The van der Waals surface area contributed by atoms with Crippen molar-refractivity contribution in [3.8, 4) is 11.5 Å². The first-order chi connectivity index (χ1) is 10.1. The second kappa shape index (κ2) is 6.38. The largest absolute Gasteiger partial charge is 0.454 e. The summed E-state index contributed by atoms with van der Waals surface area (Å²) in [5.41, 5.74) is 2.40. The molecule has 0 spiro atoms. The van der Waals surface area contributed by atoms with Crippen LogP contribution in [0, 0.1) is 0 Å². The first-order valence-electron chi connectivity index (χ1n) is 6.70. The molecule has 0 aromatic heterocycles. The summed E-state index contributed by atoms with van der Waals surface area (Å²) >= 11 is 7.09. The quantitative estimate of drug-likeness (QED) is 0.782. The highest BCUT2D eigenvalue weighted by atomic mass is 79.9. The van der Waals surface area contributed by atoms with E-state index in [1.165, 1.54) is 5.56 Å². The van der Waals surface area contributed by atoms with Crippen LogP contribution in [0.1, 0.15) is 24.1 Å². The van der Waals surface area contributed by atoms with E-state index in [2.05, 4.69) is 56.2 Å². The van der Waals surface area contributed by atoms with Gasteiger partial charge in [0.25, 0.3) is 0 Å². The van der Waals surface area contributed by atoms with Crippen LogP contribution in [0.3, 0.4) is 0 Å². The minimum Gasteiger partial charge on any atom is -0.454 e. The minimum absolute atomic E-state index is 0.264. The predicted octanol–water partition coefficient (Wildman–Crippen LogP) is 4.79. The van der Waals surface area contributed by atoms with Crippen molar-refractivity contribution in [3.63, 3.8) is 0 Å². The minimum atomic E-state index is 0.264. The van der Waals surface area contributed by atoms with Gasteiger partial charge in [-0.1, -0.05) is 44.0 Å². The Kier molecular flexibility index (Phi) is 4.52. The predicted molar refractivity (Wildman–Crippen MR) is 89.7 cm³/mol. The number of nitrogens with one attached hydrogen (secondary N) is 1. The Morgan fingerprint density at radius 3 is 2.67 bits per heavy atom. The lowest BCUT2D eigenvalue weighted by molar-refractivity contribution is 0.174. The van der Waals surface area contributed by atoms with E-state index in [9.17, 15) is 0 Å². The molecule has 0 fully saturated rings. The molecule has 0 saturated heterocycles. The maximum Gasteiger partial charge on any atom is 0.231 e. The Labute approximate surface area is 140 Å². The highest BCUT2D eigenvalue weighted by Gasteiger charge is 2.16. The van der Waals surface area contributed by atoms with E-state index in [0.29, 0.717) is 6.79 Å². The molecular weight excluding hydrogens is 398 g/mol. The zero-order valence-corrected chi connectivity index (χ0v) is 14.7. The molecule has 110 valence electrons. The van der Waals surface area contributed by atoms with Crippen molar-refractivity contribution in [2.75, 3.05) is 6.79 Å². The third kappa shape index (κ3) is 3.42. The maximum absolute atomic E-state index is 5.42. The monoisotopic (exact) mass is 411 g/mol. The molecule has 0 aliphatic carbocycles. The van der Waals surface area contributed by atoms with E-state index >= 15 is 0 Å². The number of rotatable bonds is 4. The maximum atomic E-state index is 5.42. The van der Waals surface area contributed by atoms with Crippen LogP contribution in [0.4, 0.5) is 0 Å². The van der Waals surface area contributed by atoms with Gasteiger partial charge in [0, 0.05) is 21.5 Å². The van der Waals surface area contributed by atoms with Gasteiger partial charge in [-0.05, 0) is 42.3 Å². The summed E-state index contributed by atoms with van der Waals surface area (Å²) in [5.74, 6) is 1.61. The number of fused-ring (bicyclic) bond motifs is 1. The van der Waals surface area contributed by atoms with Crippen molar-refractivity contribution in [1.82, 2.24) is 5.32 Å². The highest BCUT2D eigenvalue weighted by molar-refractivity contribution is 9.10. The Morgan fingerprint density at radius 1 is 1.14 bits per heavy atom. The van der Waals surface area contributed by atoms with E-state index in [1.807, 2.05) is 24.3 Å². The van der Waals surface area contributed by atoms with Gasteiger partial charge in [-0.15, -0.1) is 0 Å². The van der Waals surface area contributed by atoms with Crippen molar-refractivity contribution >= 4 is 31.9 Å². The summed E-state index contributed by atoms with van der Waals surface area (Å²) in [7, 11) is 0. The SMILES string of the molecule is C[C@@H](NCc1cc2c(cc1Br)OCO2)c1cccc(Br)c1. The average Bonchev–Trinajstić information content (AvgIpc) is 2.91. The Hall–Kier alpha value is -1.04. The van der Waals surface area contributed by atoms with Crippen LogP contribution in [-0.4, -0.2) is 6.79 Å². The standard InChI is InChI=1S/C16H15Br2NO2/c1-10(11-3-2-4-13(17)5-11)19-8-12-6-15-16(7-14(12)18)21-9-20-15/h2-7,10,19H,8-9H2,1H3/t10-/m1/s1. The Morgan fingerprint density at radius 2 is 1.90 bits per heavy atom. The summed E-state index contributed by atoms with van der Waals surface area (Å²) in [4.78, 5) is 0. The van der Waals surface area contributed by atoms with Crippen LogP contribution >= 0.6 is 31.9 Å². The average molecular weight is 413 g/mol. The van der Waals surface area contributed by atoms with Gasteiger partial charge in [-0.2, -0.15) is 0 Å². The summed E-state index contributed by atoms with van der Waals surface area (Å²) in [5, 5.41) is 3.53. The molecule has 0 bridgehead atoms. The lowest BCUT2D eigenvalue weighted by atomic mass is 10.1. The zero-order valence-electron chi connectivity index (χ0n) is 11.5. The molecule has 0 amide bonds. The molecule has 21 heavy (non-hydrogen) atoms. The lowest BCUT2D eigenvalue weighted by Gasteiger charge is -2.15. The van der Waals surface area contributed by atoms with Crippen molar-refractivity contribution in [1.29, 1.82) is 0 Å². The number of hydrogen-bond donors (Lipinski definition) is 1. The van der Waals surface area contributed by atoms with Gasteiger partial charge < -0.3 is 14.8 Å². The topological polar surface area (TPSA) is 30.5 Å². The summed E-state index contributed by atoms with van der Waals surface area (Å²) in [6.07, 6.45) is 0. The van der Waals surface area contributed by atoms with Crippen LogP contribution in [-0.2, 0) is 6.54 Å². The van der Waals surface area contributed by atoms with Crippen LogP contribution < -0.4 is 14.8 Å². The lowest BCUT2D eigenvalue weighted by Crippen LogP contribution is -2.18. The Bertz CT molecular complexity index is 661. The molecule has 3 rings (SSSR count). The summed E-state index contributed by atoms with van der Waals surface area (Å²) in [6.45, 7) is 3.21. The molecular formula is C16H15Br2NO2. The van der Waals surface area contributed by atoms with Gasteiger partial charge >= 0.3 is 0 Å². The van der Waals surface area contributed by atoms with Crippen molar-refractivity contribution < 1.29 is 9.47 Å². The van der Waals surface area contributed by atoms with E-state index in [4.69, 9.17) is 9.47 Å². The van der Waals surface area contributed by atoms with E-state index < -0.39 is 0 Å². The molecule has 2 aromatic carbocycles. The normalized spacial score (nSPS) is 14.2. The first-order valence-corrected chi connectivity index (χ1v) is 8.29. The molecule has 5 heteroatoms. The van der Waals surface area contributed by atoms with Gasteiger partial charge in [0.15, 0.2) is 11.5 Å². The van der Waals surface area contributed by atoms with Crippen LogP contribution in [0.15, 0.2) is 45.3 Å². The smallest absolute Gasteiger partial charge is 0.231 e. The molecule has 0 saturated carbocycles. The van der Waals surface area contributed by atoms with Crippen LogP contribution in [0.25, 0.3) is 0 Å². The van der Waals surface area contributed by atoms with E-state index in [1.54, 1.807) is 0 Å². The van der Waals surface area contributed by atoms with Crippen molar-refractivity contribution in [2.45, 2.75) is 19.5 Å². The third-order valence-corrected chi connectivity index (χ3v) is 4.72. The van der Waals surface area contributed by atoms with Crippen LogP contribution in [0.5, 0.6) is 11.5 Å². The molecule has 2 aromatic rings.